The smallest absolute Gasteiger partial charge is 0.247 e. The molecule has 0 unspecified atom stereocenters. The third-order valence-electron chi connectivity index (χ3n) is 4.42. The maximum absolute atomic E-state index is 5.72. The van der Waals surface area contributed by atoms with E-state index in [4.69, 9.17) is 4.42 Å². The van der Waals surface area contributed by atoms with Crippen LogP contribution in [0.4, 0.5) is 0 Å². The Morgan fingerprint density at radius 2 is 1.90 bits per heavy atom. The van der Waals surface area contributed by atoms with E-state index < -0.39 is 0 Å². The molecular weight excluding hydrogens is 262 g/mol. The quantitative estimate of drug-likeness (QED) is 0.908. The molecule has 2 aromatic rings. The Bertz CT molecular complexity index is 546. The topological polar surface area (TPSA) is 51.0 Å². The molecule has 112 valence electrons. The van der Waals surface area contributed by atoms with Crippen LogP contribution in [0, 0.1) is 5.92 Å². The van der Waals surface area contributed by atoms with E-state index in [1.807, 2.05) is 30.3 Å². The zero-order valence-electron chi connectivity index (χ0n) is 12.6. The highest BCUT2D eigenvalue weighted by molar-refractivity contribution is 5.51. The fourth-order valence-corrected chi connectivity index (χ4v) is 3.07. The first kappa shape index (κ1) is 14.3. The molecule has 3 rings (SSSR count). The van der Waals surface area contributed by atoms with Gasteiger partial charge in [0.1, 0.15) is 0 Å². The number of rotatable bonds is 5. The van der Waals surface area contributed by atoms with Gasteiger partial charge >= 0.3 is 0 Å². The van der Waals surface area contributed by atoms with Crippen LogP contribution < -0.4 is 5.32 Å². The molecule has 1 N–H and O–H groups in total. The standard InChI is InChI=1S/C17H23N3O/c1-13(14-8-4-2-5-9-14)18-12-16-19-20-17(21-16)15-10-6-3-7-11-15/h3,6-7,10-11,13-14,18H,2,4-5,8-9,12H2,1H3/t13-/m0/s1. The lowest BCUT2D eigenvalue weighted by Gasteiger charge is -2.27. The van der Waals surface area contributed by atoms with Crippen molar-refractivity contribution in [2.45, 2.75) is 51.6 Å². The van der Waals surface area contributed by atoms with E-state index >= 15 is 0 Å². The molecule has 4 nitrogen and oxygen atoms in total. The molecular formula is C17H23N3O. The summed E-state index contributed by atoms with van der Waals surface area (Å²) < 4.78 is 5.72. The Kier molecular flexibility index (Phi) is 4.65. The summed E-state index contributed by atoms with van der Waals surface area (Å²) in [6.07, 6.45) is 6.82. The molecule has 1 atom stereocenters. The van der Waals surface area contributed by atoms with E-state index in [1.54, 1.807) is 0 Å². The number of benzene rings is 1. The van der Waals surface area contributed by atoms with Crippen molar-refractivity contribution in [1.29, 1.82) is 0 Å². The molecule has 21 heavy (non-hydrogen) atoms. The summed E-state index contributed by atoms with van der Waals surface area (Å²) in [7, 11) is 0. The van der Waals surface area contributed by atoms with Gasteiger partial charge in [-0.1, -0.05) is 37.5 Å². The summed E-state index contributed by atoms with van der Waals surface area (Å²) in [5, 5.41) is 11.8. The fourth-order valence-electron chi connectivity index (χ4n) is 3.07. The van der Waals surface area contributed by atoms with E-state index in [9.17, 15) is 0 Å². The van der Waals surface area contributed by atoms with Crippen LogP contribution in [0.5, 0.6) is 0 Å². The van der Waals surface area contributed by atoms with Gasteiger partial charge in [0.15, 0.2) is 0 Å². The third-order valence-corrected chi connectivity index (χ3v) is 4.42. The van der Waals surface area contributed by atoms with Crippen molar-refractivity contribution in [1.82, 2.24) is 15.5 Å². The van der Waals surface area contributed by atoms with Crippen LogP contribution in [0.1, 0.15) is 44.9 Å². The maximum Gasteiger partial charge on any atom is 0.247 e. The molecule has 1 aliphatic carbocycles. The van der Waals surface area contributed by atoms with Crippen LogP contribution in [-0.4, -0.2) is 16.2 Å². The SMILES string of the molecule is C[C@H](NCc1nnc(-c2ccccc2)o1)C1CCCCC1. The van der Waals surface area contributed by atoms with Gasteiger partial charge in [-0.3, -0.25) is 0 Å². The minimum atomic E-state index is 0.511. The van der Waals surface area contributed by atoms with Gasteiger partial charge in [0.2, 0.25) is 11.8 Å². The van der Waals surface area contributed by atoms with Gasteiger partial charge in [-0.05, 0) is 37.8 Å². The van der Waals surface area contributed by atoms with E-state index in [0.29, 0.717) is 24.4 Å². The van der Waals surface area contributed by atoms with Gasteiger partial charge in [-0.2, -0.15) is 0 Å². The Morgan fingerprint density at radius 3 is 2.67 bits per heavy atom. The number of hydrogen-bond acceptors (Lipinski definition) is 4. The number of nitrogens with one attached hydrogen (secondary N) is 1. The molecule has 1 aromatic carbocycles. The highest BCUT2D eigenvalue weighted by atomic mass is 16.4. The fraction of sp³-hybridized carbons (Fsp3) is 0.529. The molecule has 1 fully saturated rings. The Balaban J connectivity index is 1.55. The Hall–Kier alpha value is -1.68. The van der Waals surface area contributed by atoms with Crippen LogP contribution in [-0.2, 0) is 6.54 Å². The lowest BCUT2D eigenvalue weighted by atomic mass is 9.84. The van der Waals surface area contributed by atoms with Crippen molar-refractivity contribution in [2.24, 2.45) is 5.92 Å². The zero-order valence-corrected chi connectivity index (χ0v) is 12.6. The molecule has 0 aliphatic heterocycles. The average molecular weight is 285 g/mol. The monoisotopic (exact) mass is 285 g/mol. The number of hydrogen-bond donors (Lipinski definition) is 1. The molecule has 0 spiro atoms. The minimum Gasteiger partial charge on any atom is -0.419 e. The summed E-state index contributed by atoms with van der Waals surface area (Å²) in [6.45, 7) is 2.92. The first-order valence-electron chi connectivity index (χ1n) is 7.94. The predicted molar refractivity (Wildman–Crippen MR) is 82.6 cm³/mol. The van der Waals surface area contributed by atoms with Gasteiger partial charge in [-0.15, -0.1) is 10.2 Å². The largest absolute Gasteiger partial charge is 0.419 e. The highest BCUT2D eigenvalue weighted by Crippen LogP contribution is 2.26. The van der Waals surface area contributed by atoms with Crippen molar-refractivity contribution >= 4 is 0 Å². The van der Waals surface area contributed by atoms with Crippen LogP contribution >= 0.6 is 0 Å². The average Bonchev–Trinajstić information content (AvgIpc) is 3.03. The lowest BCUT2D eigenvalue weighted by molar-refractivity contribution is 0.274. The molecule has 0 saturated heterocycles. The zero-order chi connectivity index (χ0) is 14.5. The van der Waals surface area contributed by atoms with Gasteiger partial charge in [0, 0.05) is 11.6 Å². The van der Waals surface area contributed by atoms with Crippen molar-refractivity contribution in [2.75, 3.05) is 0 Å². The second-order valence-corrected chi connectivity index (χ2v) is 5.93. The molecule has 0 radical (unpaired) electrons. The molecule has 1 heterocycles. The van der Waals surface area contributed by atoms with Gasteiger partial charge in [0.05, 0.1) is 6.54 Å². The number of aromatic nitrogens is 2. The van der Waals surface area contributed by atoms with Crippen LogP contribution in [0.2, 0.25) is 0 Å². The third kappa shape index (κ3) is 3.70. The molecule has 1 aliphatic rings. The predicted octanol–water partition coefficient (Wildman–Crippen LogP) is 3.80. The normalized spacial score (nSPS) is 17.8. The van der Waals surface area contributed by atoms with Crippen LogP contribution in [0.25, 0.3) is 11.5 Å². The van der Waals surface area contributed by atoms with Crippen molar-refractivity contribution in [3.05, 3.63) is 36.2 Å². The lowest BCUT2D eigenvalue weighted by Crippen LogP contribution is -2.34. The summed E-state index contributed by atoms with van der Waals surface area (Å²) in [5.74, 6) is 2.05. The Labute approximate surface area is 126 Å². The molecule has 0 amide bonds. The molecule has 0 bridgehead atoms. The summed E-state index contributed by atoms with van der Waals surface area (Å²) >= 11 is 0. The first-order valence-corrected chi connectivity index (χ1v) is 7.94. The summed E-state index contributed by atoms with van der Waals surface area (Å²) in [6, 6.07) is 10.4. The molecule has 1 saturated carbocycles. The highest BCUT2D eigenvalue weighted by Gasteiger charge is 2.20. The second kappa shape index (κ2) is 6.85. The Morgan fingerprint density at radius 1 is 1.14 bits per heavy atom. The van der Waals surface area contributed by atoms with Crippen molar-refractivity contribution in [3.63, 3.8) is 0 Å². The maximum atomic E-state index is 5.72. The summed E-state index contributed by atoms with van der Waals surface area (Å²) in [5.41, 5.74) is 0.969. The summed E-state index contributed by atoms with van der Waals surface area (Å²) in [4.78, 5) is 0. The molecule has 4 heteroatoms. The number of nitrogens with zero attached hydrogens (tertiary/aromatic N) is 2. The van der Waals surface area contributed by atoms with Crippen molar-refractivity contribution in [3.8, 4) is 11.5 Å². The second-order valence-electron chi connectivity index (χ2n) is 5.93. The van der Waals surface area contributed by atoms with Crippen molar-refractivity contribution < 1.29 is 4.42 Å². The van der Waals surface area contributed by atoms with E-state index in [-0.39, 0.29) is 0 Å². The van der Waals surface area contributed by atoms with E-state index in [1.165, 1.54) is 32.1 Å². The van der Waals surface area contributed by atoms with Crippen LogP contribution in [0.15, 0.2) is 34.7 Å². The van der Waals surface area contributed by atoms with Gasteiger partial charge < -0.3 is 9.73 Å². The van der Waals surface area contributed by atoms with Gasteiger partial charge in [-0.25, -0.2) is 0 Å². The van der Waals surface area contributed by atoms with Crippen LogP contribution in [0.3, 0.4) is 0 Å². The van der Waals surface area contributed by atoms with E-state index in [0.717, 1.165) is 11.5 Å². The minimum absolute atomic E-state index is 0.511. The first-order chi connectivity index (χ1) is 10.3. The van der Waals surface area contributed by atoms with E-state index in [2.05, 4.69) is 22.4 Å². The van der Waals surface area contributed by atoms with Gasteiger partial charge in [0.25, 0.3) is 0 Å². The molecule has 1 aromatic heterocycles.